The van der Waals surface area contributed by atoms with E-state index in [-0.39, 0.29) is 5.25 Å². The Hall–Kier alpha value is -0.580. The van der Waals surface area contributed by atoms with Crippen LogP contribution in [0.4, 0.5) is 0 Å². The summed E-state index contributed by atoms with van der Waals surface area (Å²) in [6, 6.07) is 3.94. The molecule has 1 N–H and O–H groups in total. The van der Waals surface area contributed by atoms with Gasteiger partial charge in [0.05, 0.1) is 6.61 Å². The second-order valence-electron chi connectivity index (χ2n) is 4.93. The van der Waals surface area contributed by atoms with Gasteiger partial charge in [-0.05, 0) is 30.7 Å². The Kier molecular flexibility index (Phi) is 5.25. The van der Waals surface area contributed by atoms with Gasteiger partial charge in [-0.15, -0.1) is 0 Å². The van der Waals surface area contributed by atoms with Crippen molar-refractivity contribution in [1.29, 1.82) is 0 Å². The lowest BCUT2D eigenvalue weighted by molar-refractivity contribution is 0.352. The Balaban J connectivity index is 1.88. The molecule has 0 radical (unpaired) electrons. The number of ether oxygens (including phenoxy) is 1. The molecule has 1 aliphatic heterocycles. The minimum absolute atomic E-state index is 0.230. The Morgan fingerprint density at radius 2 is 2.32 bits per heavy atom. The smallest absolute Gasteiger partial charge is 0.127 e. The molecule has 0 bridgehead atoms. The van der Waals surface area contributed by atoms with Gasteiger partial charge in [-0.3, -0.25) is 4.21 Å². The molecule has 0 saturated heterocycles. The standard InChI is InChI=1S/C14H20ClNO2S/c1-10(19(2)17)3-5-16-9-12-8-13(15)7-11-4-6-18-14(11)12/h7-8,10,16H,3-6,9H2,1-2H3. The molecule has 1 aromatic carbocycles. The summed E-state index contributed by atoms with van der Waals surface area (Å²) in [5.74, 6) is 0.990. The zero-order valence-corrected chi connectivity index (χ0v) is 12.9. The van der Waals surface area contributed by atoms with Crippen molar-refractivity contribution < 1.29 is 8.95 Å². The van der Waals surface area contributed by atoms with Crippen LogP contribution < -0.4 is 10.1 Å². The highest BCUT2D eigenvalue weighted by molar-refractivity contribution is 7.84. The monoisotopic (exact) mass is 301 g/mol. The van der Waals surface area contributed by atoms with E-state index in [1.807, 2.05) is 19.1 Å². The lowest BCUT2D eigenvalue weighted by atomic mass is 10.1. The van der Waals surface area contributed by atoms with Crippen LogP contribution in [0.5, 0.6) is 5.75 Å². The maximum Gasteiger partial charge on any atom is 0.127 e. The zero-order chi connectivity index (χ0) is 13.8. The van der Waals surface area contributed by atoms with E-state index in [1.54, 1.807) is 6.26 Å². The van der Waals surface area contributed by atoms with Gasteiger partial charge in [-0.2, -0.15) is 0 Å². The molecule has 2 atom stereocenters. The fourth-order valence-corrected chi connectivity index (χ4v) is 2.88. The number of benzene rings is 1. The normalized spacial score (nSPS) is 16.8. The van der Waals surface area contributed by atoms with Crippen LogP contribution in [0.15, 0.2) is 12.1 Å². The first-order chi connectivity index (χ1) is 9.08. The zero-order valence-electron chi connectivity index (χ0n) is 11.4. The number of hydrogen-bond acceptors (Lipinski definition) is 3. The molecular formula is C14H20ClNO2S. The van der Waals surface area contributed by atoms with Gasteiger partial charge in [0.1, 0.15) is 5.75 Å². The summed E-state index contributed by atoms with van der Waals surface area (Å²) in [5, 5.41) is 4.37. The van der Waals surface area contributed by atoms with Crippen molar-refractivity contribution in [2.75, 3.05) is 19.4 Å². The second kappa shape index (κ2) is 6.73. The van der Waals surface area contributed by atoms with Crippen molar-refractivity contribution in [3.05, 3.63) is 28.3 Å². The molecular weight excluding hydrogens is 282 g/mol. The third-order valence-corrected chi connectivity index (χ3v) is 5.02. The fraction of sp³-hybridized carbons (Fsp3) is 0.571. The minimum Gasteiger partial charge on any atom is -0.493 e. The van der Waals surface area contributed by atoms with Crippen molar-refractivity contribution in [2.24, 2.45) is 0 Å². The summed E-state index contributed by atoms with van der Waals surface area (Å²) >= 11 is 6.11. The Bertz CT molecular complexity index is 479. The van der Waals surface area contributed by atoms with Crippen LogP contribution in [0.2, 0.25) is 5.02 Å². The summed E-state index contributed by atoms with van der Waals surface area (Å²) in [6.45, 7) is 4.35. The maximum absolute atomic E-state index is 11.3. The molecule has 0 saturated carbocycles. The van der Waals surface area contributed by atoms with Crippen molar-refractivity contribution in [3.63, 3.8) is 0 Å². The Labute approximate surface area is 122 Å². The van der Waals surface area contributed by atoms with Crippen LogP contribution in [-0.2, 0) is 23.8 Å². The predicted octanol–water partition coefficient (Wildman–Crippen LogP) is 2.52. The molecule has 1 aliphatic rings. The van der Waals surface area contributed by atoms with Gasteiger partial charge < -0.3 is 10.1 Å². The van der Waals surface area contributed by atoms with E-state index >= 15 is 0 Å². The predicted molar refractivity (Wildman–Crippen MR) is 80.5 cm³/mol. The van der Waals surface area contributed by atoms with E-state index in [4.69, 9.17) is 16.3 Å². The largest absolute Gasteiger partial charge is 0.493 e. The summed E-state index contributed by atoms with van der Waals surface area (Å²) < 4.78 is 16.9. The SMILES string of the molecule is CC(CCNCc1cc(Cl)cc2c1OCC2)S(C)=O. The lowest BCUT2D eigenvalue weighted by Crippen LogP contribution is -2.21. The van der Waals surface area contributed by atoms with Crippen molar-refractivity contribution >= 4 is 22.4 Å². The highest BCUT2D eigenvalue weighted by Gasteiger charge is 2.17. The maximum atomic E-state index is 11.3. The van der Waals surface area contributed by atoms with Crippen molar-refractivity contribution in [2.45, 2.75) is 31.6 Å². The second-order valence-corrected chi connectivity index (χ2v) is 7.16. The van der Waals surface area contributed by atoms with E-state index in [2.05, 4.69) is 5.32 Å². The van der Waals surface area contributed by atoms with Gasteiger partial charge in [0, 0.05) is 45.9 Å². The van der Waals surface area contributed by atoms with E-state index in [0.29, 0.717) is 0 Å². The van der Waals surface area contributed by atoms with Crippen LogP contribution in [-0.4, -0.2) is 28.9 Å². The topological polar surface area (TPSA) is 38.3 Å². The Morgan fingerprint density at radius 1 is 1.53 bits per heavy atom. The van der Waals surface area contributed by atoms with E-state index < -0.39 is 10.8 Å². The third-order valence-electron chi connectivity index (χ3n) is 3.44. The molecule has 0 amide bonds. The van der Waals surface area contributed by atoms with Crippen LogP contribution in [0.1, 0.15) is 24.5 Å². The average molecular weight is 302 g/mol. The number of halogens is 1. The Morgan fingerprint density at radius 3 is 3.05 bits per heavy atom. The molecule has 3 nitrogen and oxygen atoms in total. The molecule has 2 rings (SSSR count). The quantitative estimate of drug-likeness (QED) is 0.821. The molecule has 0 aliphatic carbocycles. The number of rotatable bonds is 6. The molecule has 0 spiro atoms. The van der Waals surface area contributed by atoms with Gasteiger partial charge >= 0.3 is 0 Å². The van der Waals surface area contributed by atoms with Gasteiger partial charge in [0.2, 0.25) is 0 Å². The van der Waals surface area contributed by atoms with E-state index in [9.17, 15) is 4.21 Å². The molecule has 19 heavy (non-hydrogen) atoms. The molecule has 106 valence electrons. The number of fused-ring (bicyclic) bond motifs is 1. The first-order valence-electron chi connectivity index (χ1n) is 6.55. The summed E-state index contributed by atoms with van der Waals surface area (Å²) in [5.41, 5.74) is 2.32. The lowest BCUT2D eigenvalue weighted by Gasteiger charge is -2.12. The van der Waals surface area contributed by atoms with Gasteiger partial charge in [-0.1, -0.05) is 18.5 Å². The first-order valence-corrected chi connectivity index (χ1v) is 8.55. The van der Waals surface area contributed by atoms with Crippen LogP contribution in [0.25, 0.3) is 0 Å². The van der Waals surface area contributed by atoms with Crippen LogP contribution in [0, 0.1) is 0 Å². The third kappa shape index (κ3) is 3.94. The van der Waals surface area contributed by atoms with E-state index in [1.165, 1.54) is 5.56 Å². The molecule has 5 heteroatoms. The number of hydrogen-bond donors (Lipinski definition) is 1. The molecule has 1 aromatic rings. The number of nitrogens with one attached hydrogen (secondary N) is 1. The summed E-state index contributed by atoms with van der Waals surface area (Å²) in [4.78, 5) is 0. The molecule has 1 heterocycles. The minimum atomic E-state index is -0.747. The van der Waals surface area contributed by atoms with E-state index in [0.717, 1.165) is 48.9 Å². The van der Waals surface area contributed by atoms with Gasteiger partial charge in [0.15, 0.2) is 0 Å². The summed E-state index contributed by atoms with van der Waals surface area (Å²) in [7, 11) is -0.747. The molecule has 0 aromatic heterocycles. The first kappa shape index (κ1) is 14.8. The average Bonchev–Trinajstić information content (AvgIpc) is 2.81. The fourth-order valence-electron chi connectivity index (χ4n) is 2.17. The molecule has 2 unspecified atom stereocenters. The highest BCUT2D eigenvalue weighted by Crippen LogP contribution is 2.32. The van der Waals surface area contributed by atoms with Crippen molar-refractivity contribution in [1.82, 2.24) is 5.32 Å². The van der Waals surface area contributed by atoms with Crippen LogP contribution in [0.3, 0.4) is 0 Å². The molecule has 0 fully saturated rings. The van der Waals surface area contributed by atoms with Gasteiger partial charge in [0.25, 0.3) is 0 Å². The highest BCUT2D eigenvalue weighted by atomic mass is 35.5. The van der Waals surface area contributed by atoms with Gasteiger partial charge in [-0.25, -0.2) is 0 Å². The van der Waals surface area contributed by atoms with Crippen LogP contribution >= 0.6 is 11.6 Å². The summed E-state index contributed by atoms with van der Waals surface area (Å²) in [6.07, 6.45) is 3.60. The van der Waals surface area contributed by atoms with Crippen molar-refractivity contribution in [3.8, 4) is 5.75 Å².